The van der Waals surface area contributed by atoms with Crippen molar-refractivity contribution in [2.75, 3.05) is 0 Å². The average Bonchev–Trinajstić information content (AvgIpc) is 2.09. The number of rotatable bonds is 8. The minimum Gasteiger partial charge on any atom is -0.516 e. The van der Waals surface area contributed by atoms with Crippen LogP contribution in [0.2, 0.25) is 0 Å². The van der Waals surface area contributed by atoms with Crippen LogP contribution in [-0.4, -0.2) is 5.11 Å². The van der Waals surface area contributed by atoms with Gasteiger partial charge in [0.1, 0.15) is 0 Å². The highest BCUT2D eigenvalue weighted by molar-refractivity contribution is 4.70. The molecule has 0 saturated heterocycles. The highest BCUT2D eigenvalue weighted by atomic mass is 16.2. The Kier molecular flexibility index (Phi) is 9.29. The van der Waals surface area contributed by atoms with Gasteiger partial charge in [-0.1, -0.05) is 52.0 Å². The van der Waals surface area contributed by atoms with E-state index in [0.717, 1.165) is 18.6 Å². The lowest BCUT2D eigenvalue weighted by Crippen LogP contribution is -1.86. The van der Waals surface area contributed by atoms with E-state index in [1.165, 1.54) is 38.5 Å². The summed E-state index contributed by atoms with van der Waals surface area (Å²) in [5.74, 6) is 0.859. The predicted octanol–water partition coefficient (Wildman–Crippen LogP) is 4.44. The van der Waals surface area contributed by atoms with Gasteiger partial charge in [-0.3, -0.25) is 0 Å². The topological polar surface area (TPSA) is 20.2 Å². The van der Waals surface area contributed by atoms with E-state index in [1.807, 2.05) is 6.08 Å². The molecule has 0 atom stereocenters. The molecule has 0 rings (SSSR count). The number of aliphatic hydroxyl groups excluding tert-OH is 1. The molecule has 1 N–H and O–H groups in total. The second-order valence-electron chi connectivity index (χ2n) is 4.12. The van der Waals surface area contributed by atoms with Gasteiger partial charge in [0.25, 0.3) is 0 Å². The maximum absolute atomic E-state index is 8.39. The maximum atomic E-state index is 8.39. The molecule has 0 aromatic heterocycles. The van der Waals surface area contributed by atoms with Gasteiger partial charge in [-0.25, -0.2) is 0 Å². The van der Waals surface area contributed by atoms with Crippen molar-refractivity contribution in [1.82, 2.24) is 0 Å². The van der Waals surface area contributed by atoms with E-state index in [9.17, 15) is 0 Å². The van der Waals surface area contributed by atoms with Crippen LogP contribution in [0.15, 0.2) is 12.3 Å². The lowest BCUT2D eigenvalue weighted by Gasteiger charge is -2.03. The van der Waals surface area contributed by atoms with E-state index in [0.29, 0.717) is 0 Å². The first kappa shape index (κ1) is 12.5. The molecule has 0 fully saturated rings. The van der Waals surface area contributed by atoms with E-state index in [-0.39, 0.29) is 0 Å². The fraction of sp³-hybridized carbons (Fsp3) is 0.833. The molecule has 0 saturated carbocycles. The number of aliphatic hydroxyl groups is 1. The van der Waals surface area contributed by atoms with E-state index in [1.54, 1.807) is 0 Å². The Morgan fingerprint density at radius 2 is 1.62 bits per heavy atom. The second kappa shape index (κ2) is 9.63. The van der Waals surface area contributed by atoms with Crippen LogP contribution in [0.25, 0.3) is 0 Å². The van der Waals surface area contributed by atoms with Crippen molar-refractivity contribution >= 4 is 0 Å². The van der Waals surface area contributed by atoms with Crippen LogP contribution in [0.4, 0.5) is 0 Å². The summed E-state index contributed by atoms with van der Waals surface area (Å²) < 4.78 is 0. The van der Waals surface area contributed by atoms with Crippen molar-refractivity contribution in [2.45, 2.75) is 58.8 Å². The predicted molar refractivity (Wildman–Crippen MR) is 58.9 cm³/mol. The maximum Gasteiger partial charge on any atom is 0.0751 e. The smallest absolute Gasteiger partial charge is 0.0751 e. The molecule has 0 aliphatic heterocycles. The van der Waals surface area contributed by atoms with Crippen LogP contribution in [0.1, 0.15) is 58.8 Å². The van der Waals surface area contributed by atoms with Crippen LogP contribution in [0.5, 0.6) is 0 Å². The SMILES string of the molecule is CC(C)CCCCCCC/C=C/O. The highest BCUT2D eigenvalue weighted by Crippen LogP contribution is 2.11. The van der Waals surface area contributed by atoms with E-state index >= 15 is 0 Å². The summed E-state index contributed by atoms with van der Waals surface area (Å²) in [6.45, 7) is 4.57. The summed E-state index contributed by atoms with van der Waals surface area (Å²) in [6, 6.07) is 0. The van der Waals surface area contributed by atoms with Crippen LogP contribution < -0.4 is 0 Å². The molecule has 78 valence electrons. The van der Waals surface area contributed by atoms with Gasteiger partial charge in [0, 0.05) is 0 Å². The third-order valence-corrected chi connectivity index (χ3v) is 2.26. The standard InChI is InChI=1S/C12H24O/c1-12(2)10-8-6-4-3-5-7-9-11-13/h9,11-13H,3-8,10H2,1-2H3/b11-9+. The molecule has 0 aromatic rings. The van der Waals surface area contributed by atoms with Crippen molar-refractivity contribution < 1.29 is 5.11 Å². The van der Waals surface area contributed by atoms with E-state index in [2.05, 4.69) is 13.8 Å². The molecule has 13 heavy (non-hydrogen) atoms. The first-order valence-electron chi connectivity index (χ1n) is 5.56. The molecule has 0 radical (unpaired) electrons. The Balaban J connectivity index is 2.91. The number of allylic oxidation sites excluding steroid dienone is 1. The van der Waals surface area contributed by atoms with Crippen LogP contribution in [-0.2, 0) is 0 Å². The van der Waals surface area contributed by atoms with Gasteiger partial charge in [-0.2, -0.15) is 0 Å². The summed E-state index contributed by atoms with van der Waals surface area (Å²) >= 11 is 0. The molecule has 0 heterocycles. The Morgan fingerprint density at radius 3 is 2.23 bits per heavy atom. The molecule has 0 aromatic carbocycles. The molecule has 1 heteroatoms. The largest absolute Gasteiger partial charge is 0.516 e. The number of hydrogen-bond acceptors (Lipinski definition) is 1. The monoisotopic (exact) mass is 184 g/mol. The highest BCUT2D eigenvalue weighted by Gasteiger charge is 1.93. The van der Waals surface area contributed by atoms with Crippen molar-refractivity contribution in [3.63, 3.8) is 0 Å². The van der Waals surface area contributed by atoms with Gasteiger partial charge in [0.15, 0.2) is 0 Å². The minimum absolute atomic E-state index is 0.859. The van der Waals surface area contributed by atoms with E-state index < -0.39 is 0 Å². The average molecular weight is 184 g/mol. The first-order valence-corrected chi connectivity index (χ1v) is 5.56. The van der Waals surface area contributed by atoms with Crippen molar-refractivity contribution in [3.8, 4) is 0 Å². The molecule has 0 spiro atoms. The Morgan fingerprint density at radius 1 is 1.00 bits per heavy atom. The number of unbranched alkanes of at least 4 members (excludes halogenated alkanes) is 5. The van der Waals surface area contributed by atoms with Gasteiger partial charge in [0.05, 0.1) is 6.26 Å². The quantitative estimate of drug-likeness (QED) is 0.436. The summed E-state index contributed by atoms with van der Waals surface area (Å²) in [7, 11) is 0. The molecular weight excluding hydrogens is 160 g/mol. The molecular formula is C12H24O. The zero-order valence-electron chi connectivity index (χ0n) is 9.13. The molecule has 1 nitrogen and oxygen atoms in total. The number of hydrogen-bond donors (Lipinski definition) is 1. The summed E-state index contributed by atoms with van der Waals surface area (Å²) in [5, 5.41) is 8.39. The first-order chi connectivity index (χ1) is 6.27. The summed E-state index contributed by atoms with van der Waals surface area (Å²) in [6.07, 6.45) is 12.0. The van der Waals surface area contributed by atoms with E-state index in [4.69, 9.17) is 5.11 Å². The van der Waals surface area contributed by atoms with Gasteiger partial charge < -0.3 is 5.11 Å². The lowest BCUT2D eigenvalue weighted by molar-refractivity contribution is 0.469. The van der Waals surface area contributed by atoms with Gasteiger partial charge in [-0.15, -0.1) is 0 Å². The molecule has 0 aliphatic rings. The Labute approximate surface area is 82.9 Å². The molecule has 0 bridgehead atoms. The van der Waals surface area contributed by atoms with Crippen LogP contribution in [0, 0.1) is 5.92 Å². The van der Waals surface area contributed by atoms with Gasteiger partial charge in [0.2, 0.25) is 0 Å². The lowest BCUT2D eigenvalue weighted by atomic mass is 10.0. The van der Waals surface area contributed by atoms with Crippen molar-refractivity contribution in [1.29, 1.82) is 0 Å². The third-order valence-electron chi connectivity index (χ3n) is 2.26. The minimum atomic E-state index is 0.859. The van der Waals surface area contributed by atoms with Crippen molar-refractivity contribution in [3.05, 3.63) is 12.3 Å². The van der Waals surface area contributed by atoms with Gasteiger partial charge >= 0.3 is 0 Å². The molecule has 0 aliphatic carbocycles. The zero-order chi connectivity index (χ0) is 9.94. The summed E-state index contributed by atoms with van der Waals surface area (Å²) in [5.41, 5.74) is 0. The molecule has 0 amide bonds. The Bertz CT molecular complexity index is 116. The zero-order valence-corrected chi connectivity index (χ0v) is 9.13. The second-order valence-corrected chi connectivity index (χ2v) is 4.12. The fourth-order valence-corrected chi connectivity index (χ4v) is 1.42. The summed E-state index contributed by atoms with van der Waals surface area (Å²) in [4.78, 5) is 0. The van der Waals surface area contributed by atoms with Crippen LogP contribution in [0.3, 0.4) is 0 Å². The molecule has 0 unspecified atom stereocenters. The van der Waals surface area contributed by atoms with Crippen LogP contribution >= 0.6 is 0 Å². The fourth-order valence-electron chi connectivity index (χ4n) is 1.42. The van der Waals surface area contributed by atoms with Crippen molar-refractivity contribution in [2.24, 2.45) is 5.92 Å². The normalized spacial score (nSPS) is 11.6. The Hall–Kier alpha value is -0.460. The van der Waals surface area contributed by atoms with Gasteiger partial charge in [-0.05, 0) is 18.8 Å². The third kappa shape index (κ3) is 11.5.